The number of carbonyl (C=O) groups excluding carboxylic acids is 1. The van der Waals surface area contributed by atoms with Gasteiger partial charge in [0.1, 0.15) is 6.61 Å². The molecule has 1 amide bonds. The molecule has 0 bridgehead atoms. The molecular formula is C19H17N5O2. The van der Waals surface area contributed by atoms with Gasteiger partial charge in [0, 0.05) is 18.1 Å². The second-order valence-corrected chi connectivity index (χ2v) is 5.96. The molecule has 0 saturated carbocycles. The van der Waals surface area contributed by atoms with E-state index in [0.717, 1.165) is 22.8 Å². The topological polar surface area (TPSA) is 94.2 Å². The number of rotatable bonds is 3. The van der Waals surface area contributed by atoms with Gasteiger partial charge in [-0.1, -0.05) is 6.07 Å². The van der Waals surface area contributed by atoms with Crippen molar-refractivity contribution >= 4 is 17.3 Å². The van der Waals surface area contributed by atoms with Crippen LogP contribution in [0.25, 0.3) is 11.4 Å². The number of ether oxygens (including phenoxy) is 1. The molecule has 0 fully saturated rings. The highest BCUT2D eigenvalue weighted by Crippen LogP contribution is 2.39. The van der Waals surface area contributed by atoms with Gasteiger partial charge in [0.25, 0.3) is 5.91 Å². The summed E-state index contributed by atoms with van der Waals surface area (Å²) >= 11 is 0. The summed E-state index contributed by atoms with van der Waals surface area (Å²) in [6, 6.07) is 9.49. The van der Waals surface area contributed by atoms with Crippen LogP contribution in [0.15, 0.2) is 48.9 Å². The van der Waals surface area contributed by atoms with E-state index in [-0.39, 0.29) is 0 Å². The zero-order valence-electron chi connectivity index (χ0n) is 14.2. The number of fused-ring (bicyclic) bond motifs is 1. The Balaban J connectivity index is 1.83. The number of carbonyl (C=O) groups is 1. The molecule has 0 atom stereocenters. The Morgan fingerprint density at radius 1 is 1.19 bits per heavy atom. The first-order valence-corrected chi connectivity index (χ1v) is 8.22. The number of anilines is 2. The molecule has 1 aliphatic heterocycles. The Labute approximate surface area is 150 Å². The fraction of sp³-hybridized carbons (Fsp3) is 0.158. The van der Waals surface area contributed by atoms with Crippen molar-refractivity contribution in [2.45, 2.75) is 6.92 Å². The van der Waals surface area contributed by atoms with Crippen molar-refractivity contribution in [1.82, 2.24) is 15.0 Å². The van der Waals surface area contributed by atoms with E-state index in [1.165, 1.54) is 6.20 Å². The first-order valence-electron chi connectivity index (χ1n) is 8.22. The molecule has 0 spiro atoms. The predicted octanol–water partition coefficient (Wildman–Crippen LogP) is 2.48. The molecular weight excluding hydrogens is 330 g/mol. The third kappa shape index (κ3) is 2.83. The molecule has 3 aromatic heterocycles. The van der Waals surface area contributed by atoms with Crippen LogP contribution in [0.3, 0.4) is 0 Å². The number of pyridine rings is 3. The molecule has 4 rings (SSSR count). The summed E-state index contributed by atoms with van der Waals surface area (Å²) in [5.74, 6) is 0.135. The summed E-state index contributed by atoms with van der Waals surface area (Å²) in [7, 11) is 0. The van der Waals surface area contributed by atoms with E-state index in [1.54, 1.807) is 18.5 Å². The molecule has 7 heteroatoms. The molecule has 7 nitrogen and oxygen atoms in total. The zero-order chi connectivity index (χ0) is 18.1. The largest absolute Gasteiger partial charge is 0.488 e. The highest BCUT2D eigenvalue weighted by atomic mass is 16.5. The van der Waals surface area contributed by atoms with Gasteiger partial charge in [-0.2, -0.15) is 0 Å². The van der Waals surface area contributed by atoms with Crippen molar-refractivity contribution in [3.63, 3.8) is 0 Å². The van der Waals surface area contributed by atoms with Gasteiger partial charge < -0.3 is 15.4 Å². The van der Waals surface area contributed by atoms with Crippen molar-refractivity contribution in [1.29, 1.82) is 0 Å². The Morgan fingerprint density at radius 3 is 2.88 bits per heavy atom. The van der Waals surface area contributed by atoms with Gasteiger partial charge in [-0.3, -0.25) is 19.7 Å². The fourth-order valence-electron chi connectivity index (χ4n) is 3.01. The number of nitrogens with two attached hydrogens (primary N) is 1. The second kappa shape index (κ2) is 6.44. The number of amides is 1. The third-order valence-corrected chi connectivity index (χ3v) is 4.22. The van der Waals surface area contributed by atoms with Crippen LogP contribution in [0, 0.1) is 6.92 Å². The summed E-state index contributed by atoms with van der Waals surface area (Å²) in [5, 5.41) is 0. The zero-order valence-corrected chi connectivity index (χ0v) is 14.2. The van der Waals surface area contributed by atoms with E-state index in [9.17, 15) is 4.79 Å². The molecule has 0 radical (unpaired) electrons. The van der Waals surface area contributed by atoms with Crippen LogP contribution in [0.4, 0.5) is 11.4 Å². The van der Waals surface area contributed by atoms with Crippen LogP contribution in [0.5, 0.6) is 5.75 Å². The van der Waals surface area contributed by atoms with Crippen LogP contribution in [-0.4, -0.2) is 34.0 Å². The molecule has 0 unspecified atom stereocenters. The lowest BCUT2D eigenvalue weighted by Gasteiger charge is -2.32. The van der Waals surface area contributed by atoms with Crippen molar-refractivity contribution < 1.29 is 9.53 Å². The lowest BCUT2D eigenvalue weighted by atomic mass is 10.1. The Kier molecular flexibility index (Phi) is 3.96. The molecule has 130 valence electrons. The van der Waals surface area contributed by atoms with Crippen LogP contribution in [-0.2, 0) is 0 Å². The molecule has 2 N–H and O–H groups in total. The van der Waals surface area contributed by atoms with Crippen molar-refractivity contribution in [2.24, 2.45) is 5.73 Å². The lowest BCUT2D eigenvalue weighted by molar-refractivity contribution is 0.100. The first kappa shape index (κ1) is 16.0. The van der Waals surface area contributed by atoms with E-state index in [0.29, 0.717) is 30.2 Å². The van der Waals surface area contributed by atoms with E-state index in [1.807, 2.05) is 36.1 Å². The first-order chi connectivity index (χ1) is 12.6. The maximum Gasteiger partial charge on any atom is 0.252 e. The van der Waals surface area contributed by atoms with Gasteiger partial charge in [-0.25, -0.2) is 0 Å². The van der Waals surface area contributed by atoms with Crippen molar-refractivity contribution in [2.75, 3.05) is 18.1 Å². The average molecular weight is 347 g/mol. The van der Waals surface area contributed by atoms with E-state index in [2.05, 4.69) is 15.0 Å². The highest BCUT2D eigenvalue weighted by Gasteiger charge is 2.24. The van der Waals surface area contributed by atoms with Crippen molar-refractivity contribution in [3.05, 3.63) is 60.2 Å². The number of hydrogen-bond acceptors (Lipinski definition) is 6. The van der Waals surface area contributed by atoms with Gasteiger partial charge in [0.05, 0.1) is 41.1 Å². The SMILES string of the molecule is Cc1cccc(-c2cc3c(cn2)OCCN3c2ccncc2C(N)=O)n1. The monoisotopic (exact) mass is 347 g/mol. The van der Waals surface area contributed by atoms with Gasteiger partial charge in [0.2, 0.25) is 0 Å². The highest BCUT2D eigenvalue weighted by molar-refractivity contribution is 5.99. The number of primary amides is 1. The molecule has 26 heavy (non-hydrogen) atoms. The van der Waals surface area contributed by atoms with Crippen LogP contribution in [0.2, 0.25) is 0 Å². The number of hydrogen-bond donors (Lipinski definition) is 1. The van der Waals surface area contributed by atoms with Gasteiger partial charge in [-0.15, -0.1) is 0 Å². The van der Waals surface area contributed by atoms with Gasteiger partial charge in [-0.05, 0) is 31.2 Å². The van der Waals surface area contributed by atoms with Crippen LogP contribution >= 0.6 is 0 Å². The number of aryl methyl sites for hydroxylation is 1. The maximum atomic E-state index is 11.8. The second-order valence-electron chi connectivity index (χ2n) is 5.96. The van der Waals surface area contributed by atoms with Gasteiger partial charge in [0.15, 0.2) is 5.75 Å². The lowest BCUT2D eigenvalue weighted by Crippen LogP contribution is -2.30. The quantitative estimate of drug-likeness (QED) is 0.782. The Hall–Kier alpha value is -3.48. The number of aromatic nitrogens is 3. The molecule has 0 saturated heterocycles. The van der Waals surface area contributed by atoms with Crippen LogP contribution in [0.1, 0.15) is 16.1 Å². The average Bonchev–Trinajstić information content (AvgIpc) is 2.67. The molecule has 1 aliphatic rings. The predicted molar refractivity (Wildman–Crippen MR) is 97.5 cm³/mol. The smallest absolute Gasteiger partial charge is 0.252 e. The van der Waals surface area contributed by atoms with E-state index in [4.69, 9.17) is 10.5 Å². The third-order valence-electron chi connectivity index (χ3n) is 4.22. The summed E-state index contributed by atoms with van der Waals surface area (Å²) < 4.78 is 5.73. The summed E-state index contributed by atoms with van der Waals surface area (Å²) in [6.45, 7) is 3.01. The fourth-order valence-corrected chi connectivity index (χ4v) is 3.01. The van der Waals surface area contributed by atoms with E-state index >= 15 is 0 Å². The Bertz CT molecular complexity index is 989. The molecule has 4 heterocycles. The minimum Gasteiger partial charge on any atom is -0.488 e. The summed E-state index contributed by atoms with van der Waals surface area (Å²) in [6.07, 6.45) is 4.81. The number of nitrogens with zero attached hydrogens (tertiary/aromatic N) is 4. The summed E-state index contributed by atoms with van der Waals surface area (Å²) in [4.78, 5) is 26.8. The summed E-state index contributed by atoms with van der Waals surface area (Å²) in [5.41, 5.74) is 9.84. The molecule has 3 aromatic rings. The van der Waals surface area contributed by atoms with E-state index < -0.39 is 5.91 Å². The molecule has 0 aliphatic carbocycles. The van der Waals surface area contributed by atoms with Crippen LogP contribution < -0.4 is 15.4 Å². The molecule has 0 aromatic carbocycles. The standard InChI is InChI=1S/C19H17N5O2/c1-12-3-2-4-14(23-12)15-9-17-18(11-22-15)26-8-7-24(17)16-5-6-21-10-13(16)19(20)25/h2-6,9-11H,7-8H2,1H3,(H2,20,25). The maximum absolute atomic E-state index is 11.8. The Morgan fingerprint density at radius 2 is 2.08 bits per heavy atom. The minimum atomic E-state index is -0.518. The normalized spacial score (nSPS) is 13.0. The van der Waals surface area contributed by atoms with Crippen molar-refractivity contribution in [3.8, 4) is 17.1 Å². The minimum absolute atomic E-state index is 0.368. The van der Waals surface area contributed by atoms with Gasteiger partial charge >= 0.3 is 0 Å².